The first-order valence-corrected chi connectivity index (χ1v) is 5.76. The zero-order valence-corrected chi connectivity index (χ0v) is 9.79. The van der Waals surface area contributed by atoms with Crippen molar-refractivity contribution in [1.29, 1.82) is 0 Å². The van der Waals surface area contributed by atoms with E-state index < -0.39 is 0 Å². The molecule has 0 spiro atoms. The second kappa shape index (κ2) is 4.83. The van der Waals surface area contributed by atoms with Crippen molar-refractivity contribution in [2.75, 3.05) is 20.2 Å². The van der Waals surface area contributed by atoms with Gasteiger partial charge in [0.05, 0.1) is 7.11 Å². The maximum Gasteiger partial charge on any atom is 0.130 e. The molecule has 1 N–H and O–H groups in total. The Morgan fingerprint density at radius 1 is 1.44 bits per heavy atom. The molecule has 0 amide bonds. The standard InChI is InChI=1S/C13H18FNO/c1-9-8-15-6-5-11(9)12-4-3-10(16-2)7-13(12)14/h3-4,7,9,11,15H,5-6,8H2,1-2H3. The van der Waals surface area contributed by atoms with Crippen LogP contribution in [0.25, 0.3) is 0 Å². The summed E-state index contributed by atoms with van der Waals surface area (Å²) in [7, 11) is 1.56. The van der Waals surface area contributed by atoms with Gasteiger partial charge in [-0.25, -0.2) is 4.39 Å². The SMILES string of the molecule is COc1ccc(C2CCNCC2C)c(F)c1. The van der Waals surface area contributed by atoms with Gasteiger partial charge in [0, 0.05) is 6.07 Å². The lowest BCUT2D eigenvalue weighted by molar-refractivity contribution is 0.340. The number of benzene rings is 1. The number of nitrogens with one attached hydrogen (secondary N) is 1. The first-order chi connectivity index (χ1) is 7.72. The largest absolute Gasteiger partial charge is 0.497 e. The van der Waals surface area contributed by atoms with Crippen molar-refractivity contribution < 1.29 is 9.13 Å². The van der Waals surface area contributed by atoms with Gasteiger partial charge < -0.3 is 10.1 Å². The topological polar surface area (TPSA) is 21.3 Å². The summed E-state index contributed by atoms with van der Waals surface area (Å²) in [5.41, 5.74) is 0.829. The molecule has 0 aliphatic carbocycles. The molecular weight excluding hydrogens is 205 g/mol. The second-order valence-electron chi connectivity index (χ2n) is 4.46. The third kappa shape index (κ3) is 2.19. The van der Waals surface area contributed by atoms with E-state index in [0.717, 1.165) is 25.1 Å². The van der Waals surface area contributed by atoms with Gasteiger partial charge >= 0.3 is 0 Å². The molecule has 2 nitrogen and oxygen atoms in total. The Balaban J connectivity index is 2.25. The Labute approximate surface area is 95.8 Å². The summed E-state index contributed by atoms with van der Waals surface area (Å²) < 4.78 is 18.9. The molecule has 1 aromatic carbocycles. The highest BCUT2D eigenvalue weighted by Gasteiger charge is 2.25. The van der Waals surface area contributed by atoms with Crippen molar-refractivity contribution in [3.63, 3.8) is 0 Å². The Bertz CT molecular complexity index is 367. The van der Waals surface area contributed by atoms with Crippen molar-refractivity contribution in [1.82, 2.24) is 5.32 Å². The van der Waals surface area contributed by atoms with Crippen LogP contribution in [0.5, 0.6) is 5.75 Å². The molecule has 0 radical (unpaired) electrons. The molecular formula is C13H18FNO. The van der Waals surface area contributed by atoms with Gasteiger partial charge in [0.25, 0.3) is 0 Å². The second-order valence-corrected chi connectivity index (χ2v) is 4.46. The molecule has 3 heteroatoms. The van der Waals surface area contributed by atoms with Gasteiger partial charge in [-0.3, -0.25) is 0 Å². The first-order valence-electron chi connectivity index (χ1n) is 5.76. The smallest absolute Gasteiger partial charge is 0.130 e. The zero-order valence-electron chi connectivity index (χ0n) is 9.79. The van der Waals surface area contributed by atoms with Crippen molar-refractivity contribution in [3.8, 4) is 5.75 Å². The third-order valence-electron chi connectivity index (χ3n) is 3.39. The summed E-state index contributed by atoms with van der Waals surface area (Å²) in [6, 6.07) is 5.18. The maximum absolute atomic E-state index is 13.9. The van der Waals surface area contributed by atoms with E-state index in [1.54, 1.807) is 7.11 Å². The molecule has 16 heavy (non-hydrogen) atoms. The Kier molecular flexibility index (Phi) is 3.44. The number of piperidine rings is 1. The highest BCUT2D eigenvalue weighted by molar-refractivity contribution is 5.31. The number of methoxy groups -OCH3 is 1. The summed E-state index contributed by atoms with van der Waals surface area (Å²) in [6.45, 7) is 4.11. The maximum atomic E-state index is 13.9. The van der Waals surface area contributed by atoms with Crippen molar-refractivity contribution >= 4 is 0 Å². The van der Waals surface area contributed by atoms with Gasteiger partial charge in [0.2, 0.25) is 0 Å². The minimum absolute atomic E-state index is 0.141. The monoisotopic (exact) mass is 223 g/mol. The molecule has 0 saturated carbocycles. The molecule has 0 aromatic heterocycles. The van der Waals surface area contributed by atoms with Crippen LogP contribution in [0.3, 0.4) is 0 Å². The van der Waals surface area contributed by atoms with Gasteiger partial charge in [-0.05, 0) is 43.0 Å². The Hall–Kier alpha value is -1.09. The fourth-order valence-corrected chi connectivity index (χ4v) is 2.41. The molecule has 1 fully saturated rings. The predicted octanol–water partition coefficient (Wildman–Crippen LogP) is 2.55. The first kappa shape index (κ1) is 11.4. The van der Waals surface area contributed by atoms with Crippen LogP contribution in [0.4, 0.5) is 4.39 Å². The van der Waals surface area contributed by atoms with E-state index in [1.807, 2.05) is 12.1 Å². The molecule has 1 aliphatic heterocycles. The molecule has 1 saturated heterocycles. The highest BCUT2D eigenvalue weighted by atomic mass is 19.1. The summed E-state index contributed by atoms with van der Waals surface area (Å²) in [4.78, 5) is 0. The van der Waals surface area contributed by atoms with Crippen LogP contribution in [0.2, 0.25) is 0 Å². The highest BCUT2D eigenvalue weighted by Crippen LogP contribution is 2.32. The molecule has 1 aromatic rings. The van der Waals surface area contributed by atoms with Crippen molar-refractivity contribution in [3.05, 3.63) is 29.6 Å². The third-order valence-corrected chi connectivity index (χ3v) is 3.39. The van der Waals surface area contributed by atoms with E-state index in [0.29, 0.717) is 17.6 Å². The van der Waals surface area contributed by atoms with Crippen LogP contribution >= 0.6 is 0 Å². The number of rotatable bonds is 2. The van der Waals surface area contributed by atoms with Crippen LogP contribution in [-0.2, 0) is 0 Å². The minimum atomic E-state index is -0.141. The number of halogens is 1. The van der Waals surface area contributed by atoms with E-state index in [1.165, 1.54) is 6.07 Å². The number of hydrogen-bond acceptors (Lipinski definition) is 2. The summed E-state index contributed by atoms with van der Waals surface area (Å²) in [6.07, 6.45) is 1.00. The molecule has 0 bridgehead atoms. The average Bonchev–Trinajstić information content (AvgIpc) is 2.30. The van der Waals surface area contributed by atoms with Crippen LogP contribution in [0.1, 0.15) is 24.8 Å². The molecule has 2 atom stereocenters. The zero-order chi connectivity index (χ0) is 11.5. The van der Waals surface area contributed by atoms with Gasteiger partial charge in [-0.15, -0.1) is 0 Å². The van der Waals surface area contributed by atoms with Crippen LogP contribution in [0, 0.1) is 11.7 Å². The van der Waals surface area contributed by atoms with Crippen molar-refractivity contribution in [2.24, 2.45) is 5.92 Å². The quantitative estimate of drug-likeness (QED) is 0.832. The van der Waals surface area contributed by atoms with E-state index >= 15 is 0 Å². The van der Waals surface area contributed by atoms with E-state index in [9.17, 15) is 4.39 Å². The Morgan fingerprint density at radius 3 is 2.88 bits per heavy atom. The summed E-state index contributed by atoms with van der Waals surface area (Å²) >= 11 is 0. The van der Waals surface area contributed by atoms with Crippen LogP contribution in [0.15, 0.2) is 18.2 Å². The minimum Gasteiger partial charge on any atom is -0.497 e. The molecule has 1 heterocycles. The van der Waals surface area contributed by atoms with E-state index in [2.05, 4.69) is 12.2 Å². The fraction of sp³-hybridized carbons (Fsp3) is 0.538. The van der Waals surface area contributed by atoms with Gasteiger partial charge in [0.1, 0.15) is 11.6 Å². The van der Waals surface area contributed by atoms with E-state index in [-0.39, 0.29) is 5.82 Å². The average molecular weight is 223 g/mol. The number of hydrogen-bond donors (Lipinski definition) is 1. The predicted molar refractivity (Wildman–Crippen MR) is 62.3 cm³/mol. The van der Waals surface area contributed by atoms with Gasteiger partial charge in [0.15, 0.2) is 0 Å². The molecule has 88 valence electrons. The lowest BCUT2D eigenvalue weighted by Crippen LogP contribution is -2.34. The fourth-order valence-electron chi connectivity index (χ4n) is 2.41. The molecule has 2 rings (SSSR count). The molecule has 2 unspecified atom stereocenters. The van der Waals surface area contributed by atoms with Crippen LogP contribution < -0.4 is 10.1 Å². The normalized spacial score (nSPS) is 25.4. The lowest BCUT2D eigenvalue weighted by Gasteiger charge is -2.30. The Morgan fingerprint density at radius 2 is 2.25 bits per heavy atom. The molecule has 1 aliphatic rings. The van der Waals surface area contributed by atoms with Gasteiger partial charge in [-0.2, -0.15) is 0 Å². The summed E-state index contributed by atoms with van der Waals surface area (Å²) in [5.74, 6) is 1.25. The number of ether oxygens (including phenoxy) is 1. The van der Waals surface area contributed by atoms with E-state index in [4.69, 9.17) is 4.74 Å². The van der Waals surface area contributed by atoms with Crippen molar-refractivity contribution in [2.45, 2.75) is 19.3 Å². The van der Waals surface area contributed by atoms with Gasteiger partial charge in [-0.1, -0.05) is 13.0 Å². The van der Waals surface area contributed by atoms with Crippen LogP contribution in [-0.4, -0.2) is 20.2 Å². The lowest BCUT2D eigenvalue weighted by atomic mass is 9.82. The summed E-state index contributed by atoms with van der Waals surface area (Å²) in [5, 5.41) is 3.33.